The fraction of sp³-hybridized carbons (Fsp3) is 0.0588. The maximum Gasteiger partial charge on any atom is 0.270 e. The third kappa shape index (κ3) is 5.51. The van der Waals surface area contributed by atoms with Crippen LogP contribution < -0.4 is 16.6 Å². The Hall–Kier alpha value is -4.00. The number of anilines is 2. The third-order valence-corrected chi connectivity index (χ3v) is 4.51. The number of non-ortho nitro benzene ring substituents is 1. The minimum Gasteiger partial charge on any atom is -0.334 e. The van der Waals surface area contributed by atoms with Gasteiger partial charge in [0.1, 0.15) is 5.82 Å². The number of hydrogen-bond acceptors (Lipinski definition) is 9. The number of nitrogens with one attached hydrogen (secondary N) is 2. The minimum absolute atomic E-state index is 0.0250. The predicted molar refractivity (Wildman–Crippen MR) is 110 cm³/mol. The number of hydrogen-bond donors (Lipinski definition) is 3. The van der Waals surface area contributed by atoms with E-state index in [-0.39, 0.29) is 28.5 Å². The average Bonchev–Trinajstić information content (AvgIpc) is 3.06. The Morgan fingerprint density at radius 1 is 1.30 bits per heavy atom. The lowest BCUT2D eigenvalue weighted by Gasteiger charge is -2.05. The summed E-state index contributed by atoms with van der Waals surface area (Å²) >= 11 is 1.03. The van der Waals surface area contributed by atoms with Gasteiger partial charge in [0.25, 0.3) is 11.6 Å². The molecule has 0 aliphatic carbocycles. The number of amides is 1. The summed E-state index contributed by atoms with van der Waals surface area (Å²) in [6, 6.07) is 11.4. The number of halogens is 1. The molecule has 0 radical (unpaired) electrons. The van der Waals surface area contributed by atoms with Crippen LogP contribution in [0.25, 0.3) is 0 Å². The molecule has 4 N–H and O–H groups in total. The van der Waals surface area contributed by atoms with E-state index in [9.17, 15) is 19.3 Å². The summed E-state index contributed by atoms with van der Waals surface area (Å²) in [5.41, 5.74) is 3.36. The lowest BCUT2D eigenvalue weighted by molar-refractivity contribution is -0.384. The number of nitrogen functional groups attached to an aromatic ring is 1. The predicted octanol–water partition coefficient (Wildman–Crippen LogP) is 2.22. The number of nitro benzene ring substituents is 1. The number of benzene rings is 2. The molecule has 1 aromatic heterocycles. The molecule has 0 aliphatic heterocycles. The number of nitrogens with zero attached hydrogens (tertiary/aromatic N) is 5. The van der Waals surface area contributed by atoms with Crippen molar-refractivity contribution in [1.29, 1.82) is 0 Å². The molecule has 0 saturated carbocycles. The molecule has 13 heteroatoms. The Morgan fingerprint density at radius 2 is 2.10 bits per heavy atom. The van der Waals surface area contributed by atoms with Crippen molar-refractivity contribution in [1.82, 2.24) is 14.9 Å². The van der Waals surface area contributed by atoms with Gasteiger partial charge in [-0.05, 0) is 18.2 Å². The second-order valence-corrected chi connectivity index (χ2v) is 6.69. The van der Waals surface area contributed by atoms with Gasteiger partial charge in [0.05, 0.1) is 16.9 Å². The monoisotopic (exact) mass is 430 g/mol. The summed E-state index contributed by atoms with van der Waals surface area (Å²) in [5, 5.41) is 25.2. The Bertz CT molecular complexity index is 1100. The number of nitro groups is 1. The number of rotatable bonds is 8. The number of aromatic nitrogens is 3. The first kappa shape index (κ1) is 20.7. The van der Waals surface area contributed by atoms with Crippen LogP contribution in [-0.2, 0) is 4.79 Å². The number of thioether (sulfide) groups is 1. The first-order chi connectivity index (χ1) is 14.4. The molecule has 11 nitrogen and oxygen atoms in total. The van der Waals surface area contributed by atoms with Crippen molar-refractivity contribution in [3.05, 3.63) is 70.0 Å². The van der Waals surface area contributed by atoms with Crippen LogP contribution in [0.3, 0.4) is 0 Å². The number of hydrazone groups is 1. The minimum atomic E-state index is -0.505. The maximum atomic E-state index is 13.1. The first-order valence-corrected chi connectivity index (χ1v) is 9.33. The van der Waals surface area contributed by atoms with Crippen LogP contribution in [0.15, 0.2) is 58.8 Å². The van der Waals surface area contributed by atoms with Crippen LogP contribution >= 0.6 is 11.8 Å². The highest BCUT2D eigenvalue weighted by molar-refractivity contribution is 7.99. The van der Waals surface area contributed by atoms with E-state index in [0.717, 1.165) is 16.4 Å². The van der Waals surface area contributed by atoms with E-state index in [1.807, 2.05) is 0 Å². The number of carbonyl (C=O) groups is 1. The number of carbonyl (C=O) groups excluding carboxylic acids is 1. The van der Waals surface area contributed by atoms with Crippen molar-refractivity contribution in [3.8, 4) is 0 Å². The van der Waals surface area contributed by atoms with Crippen molar-refractivity contribution < 1.29 is 14.1 Å². The lowest BCUT2D eigenvalue weighted by atomic mass is 10.2. The topological polar surface area (TPSA) is 153 Å². The van der Waals surface area contributed by atoms with Crippen molar-refractivity contribution in [2.75, 3.05) is 22.3 Å². The molecule has 0 unspecified atom stereocenters. The summed E-state index contributed by atoms with van der Waals surface area (Å²) < 4.78 is 14.2. The van der Waals surface area contributed by atoms with Gasteiger partial charge in [-0.15, -0.1) is 10.2 Å². The molecule has 0 atom stereocenters. The molecule has 30 heavy (non-hydrogen) atoms. The lowest BCUT2D eigenvalue weighted by Crippen LogP contribution is -2.17. The van der Waals surface area contributed by atoms with Crippen LogP contribution in [-0.4, -0.2) is 37.7 Å². The summed E-state index contributed by atoms with van der Waals surface area (Å²) in [6.07, 6.45) is 1.36. The highest BCUT2D eigenvalue weighted by Gasteiger charge is 2.12. The zero-order chi connectivity index (χ0) is 21.5. The van der Waals surface area contributed by atoms with Gasteiger partial charge < -0.3 is 11.2 Å². The molecule has 2 aromatic carbocycles. The zero-order valence-electron chi connectivity index (χ0n) is 15.2. The molecule has 3 aromatic rings. The van der Waals surface area contributed by atoms with Crippen molar-refractivity contribution in [3.63, 3.8) is 0 Å². The molecule has 1 amide bonds. The molecule has 0 saturated heterocycles. The molecule has 0 aliphatic rings. The molecular formula is C17H15FN8O3S. The molecule has 0 bridgehead atoms. The second-order valence-electron chi connectivity index (χ2n) is 5.75. The van der Waals surface area contributed by atoms with Gasteiger partial charge >= 0.3 is 0 Å². The normalized spacial score (nSPS) is 10.8. The Morgan fingerprint density at radius 3 is 2.87 bits per heavy atom. The smallest absolute Gasteiger partial charge is 0.270 e. The fourth-order valence-electron chi connectivity index (χ4n) is 2.23. The van der Waals surface area contributed by atoms with Gasteiger partial charge in [-0.25, -0.2) is 14.5 Å². The van der Waals surface area contributed by atoms with Gasteiger partial charge in [0.2, 0.25) is 11.1 Å². The van der Waals surface area contributed by atoms with E-state index in [2.05, 4.69) is 26.0 Å². The zero-order valence-corrected chi connectivity index (χ0v) is 16.0. The Balaban J connectivity index is 1.54. The van der Waals surface area contributed by atoms with E-state index in [0.29, 0.717) is 11.3 Å². The van der Waals surface area contributed by atoms with Crippen LogP contribution in [0.2, 0.25) is 0 Å². The largest absolute Gasteiger partial charge is 0.334 e. The first-order valence-electron chi connectivity index (χ1n) is 8.34. The van der Waals surface area contributed by atoms with Crippen molar-refractivity contribution in [2.45, 2.75) is 5.16 Å². The summed E-state index contributed by atoms with van der Waals surface area (Å²) in [5.74, 6) is 5.12. The van der Waals surface area contributed by atoms with Gasteiger partial charge in [-0.3, -0.25) is 14.9 Å². The summed E-state index contributed by atoms with van der Waals surface area (Å²) in [6.45, 7) is 0. The Kier molecular flexibility index (Phi) is 6.54. The molecular weight excluding hydrogens is 415 g/mol. The quantitative estimate of drug-likeness (QED) is 0.162. The Labute approximate surface area is 173 Å². The SMILES string of the molecule is Nn1c(N/N=C/c2cccc([N+](=O)[O-])c2)nnc1SCC(=O)Nc1cccc(F)c1. The second kappa shape index (κ2) is 9.47. The molecule has 1 heterocycles. The van der Waals surface area contributed by atoms with E-state index in [1.54, 1.807) is 12.1 Å². The van der Waals surface area contributed by atoms with E-state index in [1.165, 1.54) is 42.6 Å². The van der Waals surface area contributed by atoms with Crippen LogP contribution in [0.1, 0.15) is 5.56 Å². The van der Waals surface area contributed by atoms with Gasteiger partial charge in [0.15, 0.2) is 0 Å². The van der Waals surface area contributed by atoms with Gasteiger partial charge in [0, 0.05) is 23.4 Å². The summed E-state index contributed by atoms with van der Waals surface area (Å²) in [4.78, 5) is 22.3. The van der Waals surface area contributed by atoms with E-state index in [4.69, 9.17) is 5.84 Å². The third-order valence-electron chi connectivity index (χ3n) is 3.56. The van der Waals surface area contributed by atoms with E-state index >= 15 is 0 Å². The molecule has 3 rings (SSSR count). The van der Waals surface area contributed by atoms with Crippen LogP contribution in [0.4, 0.5) is 21.7 Å². The van der Waals surface area contributed by atoms with Crippen molar-refractivity contribution in [2.24, 2.45) is 5.10 Å². The standard InChI is InChI=1S/C17H15FN8O3S/c18-12-4-2-5-13(8-12)21-15(27)10-30-17-24-23-16(25(17)19)22-20-9-11-3-1-6-14(7-11)26(28)29/h1-9H,10,19H2,(H,21,27)(H,22,23)/b20-9+. The highest BCUT2D eigenvalue weighted by Crippen LogP contribution is 2.18. The van der Waals surface area contributed by atoms with Gasteiger partial charge in [-0.1, -0.05) is 30.0 Å². The van der Waals surface area contributed by atoms with E-state index < -0.39 is 10.7 Å². The van der Waals surface area contributed by atoms with Gasteiger partial charge in [-0.2, -0.15) is 5.10 Å². The van der Waals surface area contributed by atoms with Crippen LogP contribution in [0, 0.1) is 15.9 Å². The highest BCUT2D eigenvalue weighted by atomic mass is 32.2. The number of nitrogens with two attached hydrogens (primary N) is 1. The average molecular weight is 430 g/mol. The fourth-order valence-corrected chi connectivity index (χ4v) is 2.88. The molecule has 0 spiro atoms. The molecule has 154 valence electrons. The summed E-state index contributed by atoms with van der Waals surface area (Å²) in [7, 11) is 0. The van der Waals surface area contributed by atoms with Crippen molar-refractivity contribution >= 4 is 41.2 Å². The van der Waals surface area contributed by atoms with Crippen LogP contribution in [0.5, 0.6) is 0 Å². The maximum absolute atomic E-state index is 13.1. The molecule has 0 fully saturated rings.